The van der Waals surface area contributed by atoms with Crippen LogP contribution in [0.25, 0.3) is 33.9 Å². The Kier molecular flexibility index (Phi) is 5.50. The molecule has 4 nitrogen and oxygen atoms in total. The molecule has 2 aromatic heterocycles. The summed E-state index contributed by atoms with van der Waals surface area (Å²) in [6.07, 6.45) is 3.67. The van der Waals surface area contributed by atoms with Crippen LogP contribution in [0, 0.1) is 5.82 Å². The molecule has 6 aromatic rings. The van der Waals surface area contributed by atoms with Crippen molar-refractivity contribution in [1.29, 1.82) is 0 Å². The Morgan fingerprint density at radius 2 is 1.63 bits per heavy atom. The van der Waals surface area contributed by atoms with Crippen LogP contribution in [0.2, 0.25) is 0 Å². The van der Waals surface area contributed by atoms with Crippen LogP contribution in [0.5, 0.6) is 0 Å². The van der Waals surface area contributed by atoms with Gasteiger partial charge in [0.2, 0.25) is 0 Å². The summed E-state index contributed by atoms with van der Waals surface area (Å²) in [7, 11) is 0. The number of para-hydroxylation sites is 1. The highest BCUT2D eigenvalue weighted by Crippen LogP contribution is 2.41. The number of thiazole rings is 1. The van der Waals surface area contributed by atoms with Crippen LogP contribution in [0.1, 0.15) is 34.7 Å². The lowest BCUT2D eigenvalue weighted by Crippen LogP contribution is -2.38. The summed E-state index contributed by atoms with van der Waals surface area (Å²) in [4.78, 5) is 23.6. The summed E-state index contributed by atoms with van der Waals surface area (Å²) < 4.78 is 16.4. The van der Waals surface area contributed by atoms with Gasteiger partial charge < -0.3 is 4.98 Å². The Morgan fingerprint density at radius 1 is 0.878 bits per heavy atom. The molecule has 1 aliphatic carbocycles. The first-order valence-corrected chi connectivity index (χ1v) is 14.5. The fourth-order valence-electron chi connectivity index (χ4n) is 6.24. The minimum Gasteiger partial charge on any atom is -0.354 e. The number of H-pyrrole nitrogens is 1. The van der Waals surface area contributed by atoms with E-state index in [1.54, 1.807) is 12.1 Å². The molecule has 0 radical (unpaired) electrons. The molecule has 6 heteroatoms. The first-order valence-electron chi connectivity index (χ1n) is 13.7. The van der Waals surface area contributed by atoms with Gasteiger partial charge in [-0.1, -0.05) is 96.3 Å². The molecule has 0 saturated heterocycles. The predicted molar refractivity (Wildman–Crippen MR) is 163 cm³/mol. The van der Waals surface area contributed by atoms with Gasteiger partial charge in [0.15, 0.2) is 4.80 Å². The molecule has 1 atom stereocenters. The minimum absolute atomic E-state index is 0.0854. The number of fused-ring (bicyclic) bond motifs is 4. The summed E-state index contributed by atoms with van der Waals surface area (Å²) in [5.74, 6) is -0.294. The number of hydrogen-bond donors (Lipinski definition) is 1. The molecular formula is C35H24FN3OS. The molecule has 3 heterocycles. The highest BCUT2D eigenvalue weighted by molar-refractivity contribution is 7.07. The van der Waals surface area contributed by atoms with E-state index in [0.717, 1.165) is 63.0 Å². The Morgan fingerprint density at radius 3 is 2.49 bits per heavy atom. The lowest BCUT2D eigenvalue weighted by atomic mass is 9.83. The average molecular weight is 554 g/mol. The number of nitrogens with zero attached hydrogens (tertiary/aromatic N) is 2. The lowest BCUT2D eigenvalue weighted by Gasteiger charge is -2.30. The molecule has 41 heavy (non-hydrogen) atoms. The van der Waals surface area contributed by atoms with E-state index in [4.69, 9.17) is 4.99 Å². The van der Waals surface area contributed by atoms with Gasteiger partial charge in [-0.2, -0.15) is 0 Å². The van der Waals surface area contributed by atoms with Crippen molar-refractivity contribution >= 4 is 34.0 Å². The molecule has 0 amide bonds. The quantitative estimate of drug-likeness (QED) is 0.264. The lowest BCUT2D eigenvalue weighted by molar-refractivity contribution is 0.581. The molecule has 198 valence electrons. The summed E-state index contributed by atoms with van der Waals surface area (Å²) in [6.45, 7) is 0. The van der Waals surface area contributed by atoms with Crippen molar-refractivity contribution in [2.45, 2.75) is 18.9 Å². The van der Waals surface area contributed by atoms with E-state index in [-0.39, 0.29) is 17.4 Å². The second-order valence-electron chi connectivity index (χ2n) is 10.5. The highest BCUT2D eigenvalue weighted by Gasteiger charge is 2.32. The molecule has 0 bridgehead atoms. The largest absolute Gasteiger partial charge is 0.354 e. The fraction of sp³-hybridized carbons (Fsp3) is 0.0857. The van der Waals surface area contributed by atoms with Gasteiger partial charge >= 0.3 is 0 Å². The molecule has 0 spiro atoms. The summed E-state index contributed by atoms with van der Waals surface area (Å²) in [6, 6.07) is 32.9. The van der Waals surface area contributed by atoms with Gasteiger partial charge in [0.25, 0.3) is 5.56 Å². The van der Waals surface area contributed by atoms with Crippen LogP contribution in [0.15, 0.2) is 118 Å². The third kappa shape index (κ3) is 3.86. The van der Waals surface area contributed by atoms with Crippen molar-refractivity contribution in [3.8, 4) is 11.3 Å². The van der Waals surface area contributed by atoms with Crippen molar-refractivity contribution in [3.63, 3.8) is 0 Å². The van der Waals surface area contributed by atoms with Crippen molar-refractivity contribution < 1.29 is 4.39 Å². The topological polar surface area (TPSA) is 50.1 Å². The maximum Gasteiger partial charge on any atom is 0.271 e. The second-order valence-corrected chi connectivity index (χ2v) is 11.5. The third-order valence-electron chi connectivity index (χ3n) is 8.14. The number of aryl methyl sites for hydroxylation is 1. The van der Waals surface area contributed by atoms with E-state index in [2.05, 4.69) is 47.4 Å². The Labute approximate surface area is 239 Å². The smallest absolute Gasteiger partial charge is 0.271 e. The van der Waals surface area contributed by atoms with E-state index in [1.165, 1.54) is 29.0 Å². The van der Waals surface area contributed by atoms with Crippen molar-refractivity contribution in [3.05, 3.63) is 156 Å². The van der Waals surface area contributed by atoms with E-state index in [1.807, 2.05) is 47.0 Å². The van der Waals surface area contributed by atoms with Gasteiger partial charge in [-0.25, -0.2) is 9.38 Å². The Balaban J connectivity index is 1.40. The number of aromatic nitrogens is 2. The minimum atomic E-state index is -0.339. The molecule has 0 saturated carbocycles. The number of nitrogens with one attached hydrogen (secondary N) is 1. The van der Waals surface area contributed by atoms with E-state index in [0.29, 0.717) is 9.33 Å². The van der Waals surface area contributed by atoms with Crippen LogP contribution in [-0.2, 0) is 6.42 Å². The Bertz CT molecular complexity index is 2190. The SMILES string of the molecule is O=c1/c(=C\c2c(-c3ccccc3)[nH]c3ccccc23)sc2n1[C@H](c1ccc(F)cc1)C1=C(N=2)c2ccccc2CC1. The number of hydrogen-bond acceptors (Lipinski definition) is 3. The summed E-state index contributed by atoms with van der Waals surface area (Å²) in [5.41, 5.74) is 9.24. The first kappa shape index (κ1) is 24.0. The third-order valence-corrected chi connectivity index (χ3v) is 9.13. The van der Waals surface area contributed by atoms with Crippen molar-refractivity contribution in [2.24, 2.45) is 4.99 Å². The van der Waals surface area contributed by atoms with Crippen LogP contribution < -0.4 is 14.9 Å². The van der Waals surface area contributed by atoms with Crippen LogP contribution in [-0.4, -0.2) is 9.55 Å². The van der Waals surface area contributed by atoms with Gasteiger partial charge in [-0.3, -0.25) is 9.36 Å². The molecule has 8 rings (SSSR count). The molecule has 1 aliphatic heterocycles. The van der Waals surface area contributed by atoms with Gasteiger partial charge in [0.1, 0.15) is 5.82 Å². The summed E-state index contributed by atoms with van der Waals surface area (Å²) >= 11 is 1.41. The molecular weight excluding hydrogens is 529 g/mol. The molecule has 0 fully saturated rings. The number of aromatic amines is 1. The van der Waals surface area contributed by atoms with Crippen LogP contribution in [0.3, 0.4) is 0 Å². The van der Waals surface area contributed by atoms with Crippen molar-refractivity contribution in [2.75, 3.05) is 0 Å². The second kappa shape index (κ2) is 9.39. The highest BCUT2D eigenvalue weighted by atomic mass is 32.1. The number of benzene rings is 4. The first-order chi connectivity index (χ1) is 20.2. The zero-order valence-electron chi connectivity index (χ0n) is 22.0. The van der Waals surface area contributed by atoms with Gasteiger partial charge in [-0.15, -0.1) is 0 Å². The number of rotatable bonds is 3. The molecule has 1 N–H and O–H groups in total. The zero-order valence-corrected chi connectivity index (χ0v) is 22.8. The maximum atomic E-state index is 14.3. The monoisotopic (exact) mass is 553 g/mol. The zero-order chi connectivity index (χ0) is 27.5. The van der Waals surface area contributed by atoms with E-state index < -0.39 is 0 Å². The van der Waals surface area contributed by atoms with Crippen LogP contribution in [0.4, 0.5) is 4.39 Å². The van der Waals surface area contributed by atoms with Crippen LogP contribution >= 0.6 is 11.3 Å². The fourth-order valence-corrected chi connectivity index (χ4v) is 7.23. The van der Waals surface area contributed by atoms with Crippen molar-refractivity contribution in [1.82, 2.24) is 9.55 Å². The van der Waals surface area contributed by atoms with Gasteiger partial charge in [0, 0.05) is 22.0 Å². The normalized spacial score (nSPS) is 16.3. The molecule has 4 aromatic carbocycles. The number of allylic oxidation sites excluding steroid dienone is 1. The Hall–Kier alpha value is -4.81. The summed E-state index contributed by atoms with van der Waals surface area (Å²) in [5, 5.41) is 1.06. The maximum absolute atomic E-state index is 14.3. The van der Waals surface area contributed by atoms with Gasteiger partial charge in [-0.05, 0) is 59.4 Å². The molecule has 2 aliphatic rings. The number of halogens is 1. The van der Waals surface area contributed by atoms with Gasteiger partial charge in [0.05, 0.1) is 22.0 Å². The predicted octanol–water partition coefficient (Wildman–Crippen LogP) is 6.61. The van der Waals surface area contributed by atoms with E-state index >= 15 is 0 Å². The molecule has 0 unspecified atom stereocenters. The standard InChI is InChI=1S/C35H24FN3OS/c36-24-17-14-23(15-18-24)33-27-19-16-21-8-4-5-11-25(21)32(27)38-35-39(33)34(40)30(41-35)20-28-26-12-6-7-13-29(26)37-31(28)22-9-2-1-3-10-22/h1-15,17-18,20,33,37H,16,19H2/b30-20+/t33-/m1/s1. The van der Waals surface area contributed by atoms with E-state index in [9.17, 15) is 9.18 Å². The average Bonchev–Trinajstić information content (AvgIpc) is 3.54.